The summed E-state index contributed by atoms with van der Waals surface area (Å²) in [6, 6.07) is 5.87. The Hall–Kier alpha value is -1.26. The van der Waals surface area contributed by atoms with E-state index in [0.29, 0.717) is 19.1 Å². The van der Waals surface area contributed by atoms with Gasteiger partial charge in [0.25, 0.3) is 0 Å². The summed E-state index contributed by atoms with van der Waals surface area (Å²) in [5.74, 6) is 2.26. The summed E-state index contributed by atoms with van der Waals surface area (Å²) < 4.78 is 17.2. The monoisotopic (exact) mass is 291 g/mol. The van der Waals surface area contributed by atoms with Crippen LogP contribution in [-0.4, -0.2) is 25.9 Å². The number of nitrogens with two attached hydrogens (primary N) is 1. The van der Waals surface area contributed by atoms with Crippen molar-refractivity contribution in [2.45, 2.75) is 44.2 Å². The third-order valence-corrected chi connectivity index (χ3v) is 4.89. The van der Waals surface area contributed by atoms with Crippen LogP contribution in [0.15, 0.2) is 18.2 Å². The fraction of sp³-hybridized carbons (Fsp3) is 0.647. The number of rotatable bonds is 3. The van der Waals surface area contributed by atoms with E-state index in [2.05, 4.69) is 6.92 Å². The Kier molecular flexibility index (Phi) is 4.09. The maximum absolute atomic E-state index is 6.59. The molecule has 116 valence electrons. The summed E-state index contributed by atoms with van der Waals surface area (Å²) in [7, 11) is 1.79. The second-order valence-electron chi connectivity index (χ2n) is 6.35. The Morgan fingerprint density at radius 1 is 1.29 bits per heavy atom. The summed E-state index contributed by atoms with van der Waals surface area (Å²) in [5, 5.41) is 0. The summed E-state index contributed by atoms with van der Waals surface area (Å²) in [6.45, 7) is 3.49. The van der Waals surface area contributed by atoms with Crippen LogP contribution in [0.25, 0.3) is 0 Å². The molecule has 1 aliphatic carbocycles. The molecule has 4 nitrogen and oxygen atoms in total. The molecule has 4 heteroatoms. The van der Waals surface area contributed by atoms with E-state index in [-0.39, 0.29) is 11.6 Å². The Morgan fingerprint density at radius 2 is 2.05 bits per heavy atom. The molecular weight excluding hydrogens is 266 g/mol. The number of hydrogen-bond donors (Lipinski definition) is 1. The molecule has 0 aromatic heterocycles. The van der Waals surface area contributed by atoms with Crippen molar-refractivity contribution in [2.75, 3.05) is 20.3 Å². The average Bonchev–Trinajstić information content (AvgIpc) is 2.53. The number of hydrogen-bond acceptors (Lipinski definition) is 4. The van der Waals surface area contributed by atoms with Crippen LogP contribution in [0.4, 0.5) is 0 Å². The van der Waals surface area contributed by atoms with Crippen molar-refractivity contribution in [3.8, 4) is 11.5 Å². The van der Waals surface area contributed by atoms with Gasteiger partial charge in [-0.05, 0) is 36.5 Å². The fourth-order valence-electron chi connectivity index (χ4n) is 3.70. The van der Waals surface area contributed by atoms with Crippen molar-refractivity contribution in [3.05, 3.63) is 23.8 Å². The third-order valence-electron chi connectivity index (χ3n) is 4.89. The highest BCUT2D eigenvalue weighted by Crippen LogP contribution is 2.43. The lowest BCUT2D eigenvalue weighted by Gasteiger charge is -2.43. The van der Waals surface area contributed by atoms with E-state index in [9.17, 15) is 0 Å². The highest BCUT2D eigenvalue weighted by molar-refractivity contribution is 5.45. The topological polar surface area (TPSA) is 53.7 Å². The molecule has 0 spiro atoms. The van der Waals surface area contributed by atoms with Crippen LogP contribution >= 0.6 is 0 Å². The zero-order valence-electron chi connectivity index (χ0n) is 12.9. The minimum atomic E-state index is -0.262. The van der Waals surface area contributed by atoms with Crippen molar-refractivity contribution in [1.82, 2.24) is 0 Å². The van der Waals surface area contributed by atoms with Gasteiger partial charge >= 0.3 is 0 Å². The number of ether oxygens (including phenoxy) is 3. The highest BCUT2D eigenvalue weighted by atomic mass is 16.6. The zero-order chi connectivity index (χ0) is 14.9. The van der Waals surface area contributed by atoms with Gasteiger partial charge in [-0.25, -0.2) is 0 Å². The smallest absolute Gasteiger partial charge is 0.161 e. The van der Waals surface area contributed by atoms with E-state index in [4.69, 9.17) is 19.9 Å². The molecule has 1 aromatic rings. The molecule has 1 aromatic carbocycles. The second kappa shape index (κ2) is 5.85. The molecule has 1 aliphatic heterocycles. The first-order valence-electron chi connectivity index (χ1n) is 7.85. The van der Waals surface area contributed by atoms with Crippen LogP contribution in [0.5, 0.6) is 11.5 Å². The molecule has 0 amide bonds. The Morgan fingerprint density at radius 3 is 2.76 bits per heavy atom. The maximum Gasteiger partial charge on any atom is 0.161 e. The number of benzene rings is 1. The van der Waals surface area contributed by atoms with Gasteiger partial charge in [0.1, 0.15) is 13.2 Å². The Bertz CT molecular complexity index is 505. The van der Waals surface area contributed by atoms with Crippen LogP contribution in [0.3, 0.4) is 0 Å². The van der Waals surface area contributed by atoms with Gasteiger partial charge in [0.05, 0.1) is 11.6 Å². The average molecular weight is 291 g/mol. The third kappa shape index (κ3) is 2.74. The van der Waals surface area contributed by atoms with Gasteiger partial charge in [0.2, 0.25) is 0 Å². The van der Waals surface area contributed by atoms with E-state index >= 15 is 0 Å². The van der Waals surface area contributed by atoms with Gasteiger partial charge in [0.15, 0.2) is 11.5 Å². The van der Waals surface area contributed by atoms with Crippen LogP contribution in [0.2, 0.25) is 0 Å². The van der Waals surface area contributed by atoms with Gasteiger partial charge in [-0.3, -0.25) is 0 Å². The maximum atomic E-state index is 6.59. The first-order chi connectivity index (χ1) is 10.1. The largest absolute Gasteiger partial charge is 0.486 e. The van der Waals surface area contributed by atoms with E-state index in [1.54, 1.807) is 7.11 Å². The molecule has 3 atom stereocenters. The molecular formula is C17H25NO3. The van der Waals surface area contributed by atoms with Gasteiger partial charge in [-0.15, -0.1) is 0 Å². The lowest BCUT2D eigenvalue weighted by Crippen LogP contribution is -2.46. The van der Waals surface area contributed by atoms with Gasteiger partial charge in [0, 0.05) is 7.11 Å². The standard InChI is InChI=1S/C17H25NO3/c1-12-4-3-7-17(11-12,19-2)16(18)13-5-6-14-15(10-13)21-9-8-20-14/h5-6,10,12,16H,3-4,7-9,11,18H2,1-2H3. The van der Waals surface area contributed by atoms with Crippen LogP contribution in [0.1, 0.15) is 44.2 Å². The SMILES string of the molecule is COC1(C(N)c2ccc3c(c2)OCCO3)CCCC(C)C1. The molecule has 2 aliphatic rings. The molecule has 21 heavy (non-hydrogen) atoms. The van der Waals surface area contributed by atoms with E-state index in [1.807, 2.05) is 18.2 Å². The summed E-state index contributed by atoms with van der Waals surface area (Å²) >= 11 is 0. The molecule has 1 saturated carbocycles. The molecule has 0 saturated heterocycles. The lowest BCUT2D eigenvalue weighted by molar-refractivity contribution is -0.0718. The van der Waals surface area contributed by atoms with Gasteiger partial charge < -0.3 is 19.9 Å². The summed E-state index contributed by atoms with van der Waals surface area (Å²) in [5.41, 5.74) is 7.39. The summed E-state index contributed by atoms with van der Waals surface area (Å²) in [6.07, 6.45) is 4.47. The molecule has 3 rings (SSSR count). The second-order valence-corrected chi connectivity index (χ2v) is 6.35. The predicted molar refractivity (Wildman–Crippen MR) is 81.7 cm³/mol. The van der Waals surface area contributed by atoms with Crippen LogP contribution in [0, 0.1) is 5.92 Å². The molecule has 1 fully saturated rings. The van der Waals surface area contributed by atoms with Crippen molar-refractivity contribution in [2.24, 2.45) is 11.7 Å². The van der Waals surface area contributed by atoms with Gasteiger partial charge in [-0.2, -0.15) is 0 Å². The fourth-order valence-corrected chi connectivity index (χ4v) is 3.70. The zero-order valence-corrected chi connectivity index (χ0v) is 12.9. The molecule has 0 bridgehead atoms. The molecule has 0 radical (unpaired) electrons. The van der Waals surface area contributed by atoms with E-state index < -0.39 is 0 Å². The first-order valence-corrected chi connectivity index (χ1v) is 7.85. The first kappa shape index (κ1) is 14.7. The molecule has 1 heterocycles. The Labute approximate surface area is 126 Å². The van der Waals surface area contributed by atoms with E-state index in [1.165, 1.54) is 12.8 Å². The van der Waals surface area contributed by atoms with Gasteiger partial charge in [-0.1, -0.05) is 25.8 Å². The Balaban J connectivity index is 1.87. The quantitative estimate of drug-likeness (QED) is 0.930. The van der Waals surface area contributed by atoms with E-state index in [0.717, 1.165) is 29.9 Å². The molecule has 3 unspecified atom stereocenters. The lowest BCUT2D eigenvalue weighted by atomic mass is 9.73. The minimum Gasteiger partial charge on any atom is -0.486 e. The number of fused-ring (bicyclic) bond motifs is 1. The van der Waals surface area contributed by atoms with Crippen LogP contribution in [-0.2, 0) is 4.74 Å². The molecule has 2 N–H and O–H groups in total. The normalized spacial score (nSPS) is 30.0. The van der Waals surface area contributed by atoms with Crippen molar-refractivity contribution in [3.63, 3.8) is 0 Å². The summed E-state index contributed by atoms with van der Waals surface area (Å²) in [4.78, 5) is 0. The van der Waals surface area contributed by atoms with Crippen molar-refractivity contribution in [1.29, 1.82) is 0 Å². The highest BCUT2D eigenvalue weighted by Gasteiger charge is 2.41. The van der Waals surface area contributed by atoms with Crippen molar-refractivity contribution >= 4 is 0 Å². The predicted octanol–water partition coefficient (Wildman–Crippen LogP) is 3.05. The minimum absolute atomic E-state index is 0.138. The van der Waals surface area contributed by atoms with Crippen LogP contribution < -0.4 is 15.2 Å². The number of methoxy groups -OCH3 is 1. The van der Waals surface area contributed by atoms with Crippen molar-refractivity contribution < 1.29 is 14.2 Å².